The molecule has 0 heterocycles. The smallest absolute Gasteiger partial charge is 0.325 e. The number of rotatable bonds is 6. The van der Waals surface area contributed by atoms with Crippen LogP contribution in [-0.4, -0.2) is 30.1 Å². The number of anilines is 1. The van der Waals surface area contributed by atoms with Gasteiger partial charge in [0.15, 0.2) is 0 Å². The van der Waals surface area contributed by atoms with Crippen LogP contribution in [0.2, 0.25) is 10.0 Å². The van der Waals surface area contributed by atoms with Crippen molar-refractivity contribution in [2.75, 3.05) is 11.9 Å². The first kappa shape index (κ1) is 23.5. The third-order valence-electron chi connectivity index (χ3n) is 3.57. The number of carbonyl (C=O) groups excluding carboxylic acids is 3. The SMILES string of the molecule is CC(C)(C)OC(=O)CNC(=O)c1cccc(NC(=O)NCc2cc(Cl)cc(Cl)c2)c1. The van der Waals surface area contributed by atoms with Gasteiger partial charge in [0.1, 0.15) is 12.1 Å². The van der Waals surface area contributed by atoms with Gasteiger partial charge < -0.3 is 20.7 Å². The van der Waals surface area contributed by atoms with Crippen molar-refractivity contribution in [1.82, 2.24) is 10.6 Å². The fraction of sp³-hybridized carbons (Fsp3) is 0.286. The molecule has 0 radical (unpaired) electrons. The summed E-state index contributed by atoms with van der Waals surface area (Å²) < 4.78 is 5.14. The van der Waals surface area contributed by atoms with Gasteiger partial charge in [0.2, 0.25) is 0 Å². The summed E-state index contributed by atoms with van der Waals surface area (Å²) in [6.45, 7) is 5.20. The Morgan fingerprint density at radius 3 is 2.27 bits per heavy atom. The zero-order valence-corrected chi connectivity index (χ0v) is 18.4. The molecule has 0 spiro atoms. The molecule has 30 heavy (non-hydrogen) atoms. The number of esters is 1. The summed E-state index contributed by atoms with van der Waals surface area (Å²) in [4.78, 5) is 36.1. The van der Waals surface area contributed by atoms with Crippen LogP contribution in [0.25, 0.3) is 0 Å². The number of benzene rings is 2. The quantitative estimate of drug-likeness (QED) is 0.567. The van der Waals surface area contributed by atoms with Crippen LogP contribution in [0.5, 0.6) is 0 Å². The van der Waals surface area contributed by atoms with Crippen molar-refractivity contribution in [3.63, 3.8) is 0 Å². The average molecular weight is 452 g/mol. The van der Waals surface area contributed by atoms with Crippen molar-refractivity contribution in [3.05, 3.63) is 63.6 Å². The predicted molar refractivity (Wildman–Crippen MR) is 117 cm³/mol. The fourth-order valence-electron chi connectivity index (χ4n) is 2.44. The zero-order chi connectivity index (χ0) is 22.3. The molecule has 0 aromatic heterocycles. The second-order valence-electron chi connectivity index (χ2n) is 7.44. The topological polar surface area (TPSA) is 96.5 Å². The average Bonchev–Trinajstić information content (AvgIpc) is 2.62. The molecule has 3 N–H and O–H groups in total. The number of hydrogen-bond donors (Lipinski definition) is 3. The summed E-state index contributed by atoms with van der Waals surface area (Å²) in [6.07, 6.45) is 0. The van der Waals surface area contributed by atoms with E-state index in [1.807, 2.05) is 0 Å². The van der Waals surface area contributed by atoms with Crippen LogP contribution >= 0.6 is 23.2 Å². The van der Waals surface area contributed by atoms with E-state index in [1.165, 1.54) is 6.07 Å². The highest BCUT2D eigenvalue weighted by Crippen LogP contribution is 2.19. The summed E-state index contributed by atoms with van der Waals surface area (Å²) in [5.41, 5.74) is 0.826. The van der Waals surface area contributed by atoms with Crippen molar-refractivity contribution in [2.45, 2.75) is 32.9 Å². The van der Waals surface area contributed by atoms with Gasteiger partial charge >= 0.3 is 12.0 Å². The zero-order valence-electron chi connectivity index (χ0n) is 16.8. The maximum atomic E-state index is 12.3. The van der Waals surface area contributed by atoms with Gasteiger partial charge in [-0.2, -0.15) is 0 Å². The molecule has 0 unspecified atom stereocenters. The highest BCUT2D eigenvalue weighted by Gasteiger charge is 2.17. The van der Waals surface area contributed by atoms with Crippen LogP contribution < -0.4 is 16.0 Å². The van der Waals surface area contributed by atoms with Crippen LogP contribution in [0.1, 0.15) is 36.7 Å². The number of hydrogen-bond acceptors (Lipinski definition) is 4. The first-order chi connectivity index (χ1) is 14.0. The lowest BCUT2D eigenvalue weighted by Gasteiger charge is -2.19. The number of nitrogens with one attached hydrogen (secondary N) is 3. The molecule has 2 rings (SSSR count). The highest BCUT2D eigenvalue weighted by molar-refractivity contribution is 6.34. The Morgan fingerprint density at radius 1 is 0.967 bits per heavy atom. The Bertz CT molecular complexity index is 922. The number of halogens is 2. The van der Waals surface area contributed by atoms with E-state index in [9.17, 15) is 14.4 Å². The van der Waals surface area contributed by atoms with Gasteiger partial charge in [0, 0.05) is 27.8 Å². The van der Waals surface area contributed by atoms with Crippen molar-refractivity contribution in [3.8, 4) is 0 Å². The molecule has 2 aromatic rings. The van der Waals surface area contributed by atoms with Gasteiger partial charge in [-0.1, -0.05) is 29.3 Å². The van der Waals surface area contributed by atoms with Crippen LogP contribution in [-0.2, 0) is 16.1 Å². The van der Waals surface area contributed by atoms with E-state index in [-0.39, 0.29) is 18.7 Å². The number of carbonyl (C=O) groups is 3. The minimum atomic E-state index is -0.630. The minimum absolute atomic E-state index is 0.224. The predicted octanol–water partition coefficient (Wildman–Crippen LogP) is 4.39. The van der Waals surface area contributed by atoms with Crippen LogP contribution in [0.3, 0.4) is 0 Å². The minimum Gasteiger partial charge on any atom is -0.459 e. The molecule has 0 aliphatic heterocycles. The van der Waals surface area contributed by atoms with E-state index in [4.69, 9.17) is 27.9 Å². The Hall–Kier alpha value is -2.77. The molecular formula is C21H23Cl2N3O4. The second kappa shape index (κ2) is 10.3. The lowest BCUT2D eigenvalue weighted by molar-refractivity contribution is -0.153. The van der Waals surface area contributed by atoms with Gasteiger partial charge in [-0.25, -0.2) is 4.79 Å². The normalized spacial score (nSPS) is 10.8. The first-order valence-electron chi connectivity index (χ1n) is 9.12. The Kier molecular flexibility index (Phi) is 8.08. The molecule has 160 valence electrons. The molecule has 0 saturated heterocycles. The standard InChI is InChI=1S/C21H23Cl2N3O4/c1-21(2,3)30-18(27)12-24-19(28)14-5-4-6-17(9-14)26-20(29)25-11-13-7-15(22)10-16(23)8-13/h4-10H,11-12H2,1-3H3,(H,24,28)(H2,25,26,29). The molecule has 3 amide bonds. The molecule has 9 heteroatoms. The van der Waals surface area contributed by atoms with E-state index >= 15 is 0 Å². The third kappa shape index (κ3) is 8.31. The van der Waals surface area contributed by atoms with Crippen molar-refractivity contribution < 1.29 is 19.1 Å². The third-order valence-corrected chi connectivity index (χ3v) is 4.01. The summed E-state index contributed by atoms with van der Waals surface area (Å²) >= 11 is 11.9. The molecule has 0 saturated carbocycles. The lowest BCUT2D eigenvalue weighted by Crippen LogP contribution is -2.34. The van der Waals surface area contributed by atoms with Gasteiger partial charge in [-0.15, -0.1) is 0 Å². The second-order valence-corrected chi connectivity index (χ2v) is 8.31. The molecule has 2 aromatic carbocycles. The molecule has 0 aliphatic rings. The van der Waals surface area contributed by atoms with E-state index in [2.05, 4.69) is 16.0 Å². The Labute approximate surface area is 185 Å². The summed E-state index contributed by atoms with van der Waals surface area (Å²) in [5, 5.41) is 8.77. The Morgan fingerprint density at radius 2 is 1.63 bits per heavy atom. The number of amides is 3. The lowest BCUT2D eigenvalue weighted by atomic mass is 10.2. The molecule has 7 nitrogen and oxygen atoms in total. The van der Waals surface area contributed by atoms with Crippen molar-refractivity contribution in [2.24, 2.45) is 0 Å². The van der Waals surface area contributed by atoms with Crippen LogP contribution in [0.4, 0.5) is 10.5 Å². The summed E-state index contributed by atoms with van der Waals surface area (Å²) in [7, 11) is 0. The maximum absolute atomic E-state index is 12.3. The van der Waals surface area contributed by atoms with Crippen molar-refractivity contribution >= 4 is 46.8 Å². The van der Waals surface area contributed by atoms with E-state index < -0.39 is 23.5 Å². The fourth-order valence-corrected chi connectivity index (χ4v) is 3.01. The maximum Gasteiger partial charge on any atom is 0.325 e. The molecule has 0 aliphatic carbocycles. The monoisotopic (exact) mass is 451 g/mol. The van der Waals surface area contributed by atoms with Crippen molar-refractivity contribution in [1.29, 1.82) is 0 Å². The molecular weight excluding hydrogens is 429 g/mol. The molecule has 0 bridgehead atoms. The van der Waals surface area contributed by atoms with Gasteiger partial charge in [0.25, 0.3) is 5.91 Å². The van der Waals surface area contributed by atoms with E-state index in [0.717, 1.165) is 5.56 Å². The van der Waals surface area contributed by atoms with Gasteiger partial charge in [-0.3, -0.25) is 9.59 Å². The van der Waals surface area contributed by atoms with Gasteiger partial charge in [0.05, 0.1) is 0 Å². The Balaban J connectivity index is 1.89. The van der Waals surface area contributed by atoms with E-state index in [0.29, 0.717) is 15.7 Å². The van der Waals surface area contributed by atoms with Crippen LogP contribution in [0.15, 0.2) is 42.5 Å². The number of urea groups is 1. The van der Waals surface area contributed by atoms with E-state index in [1.54, 1.807) is 57.2 Å². The summed E-state index contributed by atoms with van der Waals surface area (Å²) in [6, 6.07) is 10.9. The first-order valence-corrected chi connectivity index (χ1v) is 9.87. The summed E-state index contributed by atoms with van der Waals surface area (Å²) in [5.74, 6) is -0.996. The number of ether oxygens (including phenoxy) is 1. The molecule has 0 atom stereocenters. The highest BCUT2D eigenvalue weighted by atomic mass is 35.5. The molecule has 0 fully saturated rings. The van der Waals surface area contributed by atoms with Gasteiger partial charge in [-0.05, 0) is 62.7 Å². The van der Waals surface area contributed by atoms with Crippen LogP contribution in [0, 0.1) is 0 Å². The largest absolute Gasteiger partial charge is 0.459 e.